The zero-order valence-corrected chi connectivity index (χ0v) is 10.6. The van der Waals surface area contributed by atoms with E-state index in [4.69, 9.17) is 4.74 Å². The fourth-order valence-corrected chi connectivity index (χ4v) is 2.42. The zero-order valence-electron chi connectivity index (χ0n) is 10.6. The third-order valence-electron chi connectivity index (χ3n) is 3.51. The van der Waals surface area contributed by atoms with Crippen molar-refractivity contribution < 1.29 is 19.6 Å². The lowest BCUT2D eigenvalue weighted by Gasteiger charge is -2.21. The average Bonchev–Trinajstić information content (AvgIpc) is 2.39. The Morgan fingerprint density at radius 1 is 1.37 bits per heavy atom. The lowest BCUT2D eigenvalue weighted by Crippen LogP contribution is -2.12. The number of nitrogens with zero attached hydrogens (tertiary/aromatic N) is 1. The van der Waals surface area contributed by atoms with Gasteiger partial charge in [0, 0.05) is 18.9 Å². The molecule has 6 heteroatoms. The number of hydrogen-bond donors (Lipinski definition) is 1. The summed E-state index contributed by atoms with van der Waals surface area (Å²) in [5, 5.41) is 20.6. The second kappa shape index (κ2) is 5.26. The Labute approximate surface area is 110 Å². The number of rotatable bonds is 3. The largest absolute Gasteiger partial charge is 0.500 e. The molecule has 0 bridgehead atoms. The second-order valence-electron chi connectivity index (χ2n) is 4.66. The molecule has 19 heavy (non-hydrogen) atoms. The van der Waals surface area contributed by atoms with Gasteiger partial charge >= 0.3 is 5.69 Å². The Kier molecular flexibility index (Phi) is 3.69. The van der Waals surface area contributed by atoms with Crippen molar-refractivity contribution in [3.63, 3.8) is 0 Å². The second-order valence-corrected chi connectivity index (χ2v) is 4.66. The van der Waals surface area contributed by atoms with Crippen LogP contribution in [-0.4, -0.2) is 22.9 Å². The summed E-state index contributed by atoms with van der Waals surface area (Å²) >= 11 is 0. The average molecular weight is 265 g/mol. The van der Waals surface area contributed by atoms with Gasteiger partial charge in [0.1, 0.15) is 5.78 Å². The van der Waals surface area contributed by atoms with Gasteiger partial charge in [-0.25, -0.2) is 0 Å². The number of phenols is 1. The van der Waals surface area contributed by atoms with Crippen LogP contribution in [0, 0.1) is 10.1 Å². The van der Waals surface area contributed by atoms with E-state index in [1.54, 1.807) is 6.07 Å². The van der Waals surface area contributed by atoms with Crippen LogP contribution in [-0.2, 0) is 4.79 Å². The van der Waals surface area contributed by atoms with Crippen molar-refractivity contribution in [3.8, 4) is 11.5 Å². The molecule has 1 fully saturated rings. The molecule has 1 aromatic rings. The van der Waals surface area contributed by atoms with Crippen molar-refractivity contribution in [3.05, 3.63) is 27.8 Å². The van der Waals surface area contributed by atoms with Crippen molar-refractivity contribution in [1.29, 1.82) is 0 Å². The van der Waals surface area contributed by atoms with E-state index in [1.165, 1.54) is 13.2 Å². The normalized spacial score (nSPS) is 16.4. The molecule has 0 aliphatic heterocycles. The highest BCUT2D eigenvalue weighted by Gasteiger charge is 2.26. The molecule has 0 spiro atoms. The van der Waals surface area contributed by atoms with Crippen molar-refractivity contribution in [2.45, 2.75) is 31.6 Å². The number of phenolic OH excluding ortho intramolecular Hbond substituents is 1. The Morgan fingerprint density at radius 3 is 2.53 bits per heavy atom. The number of Topliss-reactive ketones (excluding diaryl/α,β-unsaturated/α-hetero) is 1. The van der Waals surface area contributed by atoms with Crippen LogP contribution in [0.3, 0.4) is 0 Å². The summed E-state index contributed by atoms with van der Waals surface area (Å²) in [4.78, 5) is 21.5. The summed E-state index contributed by atoms with van der Waals surface area (Å²) in [7, 11) is 1.35. The molecule has 0 heterocycles. The SMILES string of the molecule is COc1cc(C2CCC(=O)CC2)cc([N+](=O)[O-])c1O. The minimum absolute atomic E-state index is 0.0982. The van der Waals surface area contributed by atoms with E-state index in [0.717, 1.165) is 5.56 Å². The number of benzene rings is 1. The van der Waals surface area contributed by atoms with Crippen LogP contribution in [0.4, 0.5) is 5.69 Å². The maximum atomic E-state index is 11.2. The molecule has 1 saturated carbocycles. The van der Waals surface area contributed by atoms with Crippen molar-refractivity contribution in [2.24, 2.45) is 0 Å². The highest BCUT2D eigenvalue weighted by atomic mass is 16.6. The number of ether oxygens (including phenoxy) is 1. The fraction of sp³-hybridized carbons (Fsp3) is 0.462. The van der Waals surface area contributed by atoms with Crippen LogP contribution in [0.5, 0.6) is 11.5 Å². The van der Waals surface area contributed by atoms with Crippen LogP contribution < -0.4 is 4.74 Å². The van der Waals surface area contributed by atoms with Gasteiger partial charge in [-0.2, -0.15) is 0 Å². The van der Waals surface area contributed by atoms with Gasteiger partial charge < -0.3 is 9.84 Å². The molecule has 102 valence electrons. The zero-order chi connectivity index (χ0) is 14.0. The lowest BCUT2D eigenvalue weighted by atomic mass is 9.83. The third-order valence-corrected chi connectivity index (χ3v) is 3.51. The molecular formula is C13H15NO5. The van der Waals surface area contributed by atoms with Crippen LogP contribution >= 0.6 is 0 Å². The van der Waals surface area contributed by atoms with E-state index in [9.17, 15) is 20.0 Å². The van der Waals surface area contributed by atoms with Gasteiger partial charge in [-0.15, -0.1) is 0 Å². The summed E-state index contributed by atoms with van der Waals surface area (Å²) < 4.78 is 4.97. The maximum absolute atomic E-state index is 11.2. The number of carbonyl (C=O) groups is 1. The molecule has 6 nitrogen and oxygen atoms in total. The number of carbonyl (C=O) groups excluding carboxylic acids is 1. The van der Waals surface area contributed by atoms with E-state index in [2.05, 4.69) is 0 Å². The highest BCUT2D eigenvalue weighted by Crippen LogP contribution is 2.41. The number of nitro benzene ring substituents is 1. The van der Waals surface area contributed by atoms with Crippen molar-refractivity contribution in [2.75, 3.05) is 7.11 Å². The Bertz CT molecular complexity index is 516. The van der Waals surface area contributed by atoms with Crippen molar-refractivity contribution in [1.82, 2.24) is 0 Å². The molecule has 0 radical (unpaired) electrons. The van der Waals surface area contributed by atoms with Crippen LogP contribution in [0.25, 0.3) is 0 Å². The smallest absolute Gasteiger partial charge is 0.314 e. The number of ketones is 1. The predicted molar refractivity (Wildman–Crippen MR) is 67.5 cm³/mol. The third kappa shape index (κ3) is 2.67. The quantitative estimate of drug-likeness (QED) is 0.670. The number of aromatic hydroxyl groups is 1. The molecule has 0 atom stereocenters. The van der Waals surface area contributed by atoms with Crippen LogP contribution in [0.2, 0.25) is 0 Å². The van der Waals surface area contributed by atoms with Crippen LogP contribution in [0.1, 0.15) is 37.2 Å². The first-order valence-electron chi connectivity index (χ1n) is 6.10. The summed E-state index contributed by atoms with van der Waals surface area (Å²) in [5.41, 5.74) is 0.389. The fourth-order valence-electron chi connectivity index (χ4n) is 2.42. The summed E-state index contributed by atoms with van der Waals surface area (Å²) in [6, 6.07) is 2.99. The molecule has 1 aliphatic carbocycles. The molecule has 1 N–H and O–H groups in total. The van der Waals surface area contributed by atoms with Gasteiger partial charge in [-0.05, 0) is 30.4 Å². The summed E-state index contributed by atoms with van der Waals surface area (Å²) in [6.07, 6.45) is 2.37. The molecular weight excluding hydrogens is 250 g/mol. The van der Waals surface area contributed by atoms with Crippen LogP contribution in [0.15, 0.2) is 12.1 Å². The highest BCUT2D eigenvalue weighted by molar-refractivity contribution is 5.79. The van der Waals surface area contributed by atoms with Gasteiger partial charge in [-0.3, -0.25) is 14.9 Å². The number of methoxy groups -OCH3 is 1. The lowest BCUT2D eigenvalue weighted by molar-refractivity contribution is -0.386. The maximum Gasteiger partial charge on any atom is 0.314 e. The van der Waals surface area contributed by atoms with Gasteiger partial charge in [0.05, 0.1) is 12.0 Å². The molecule has 0 saturated heterocycles. The predicted octanol–water partition coefficient (Wildman–Crippen LogP) is 2.54. The number of hydrogen-bond acceptors (Lipinski definition) is 5. The van der Waals surface area contributed by atoms with E-state index in [0.29, 0.717) is 25.7 Å². The summed E-state index contributed by atoms with van der Waals surface area (Å²) in [6.45, 7) is 0. The van der Waals surface area contributed by atoms with E-state index < -0.39 is 10.7 Å². The Balaban J connectivity index is 2.38. The van der Waals surface area contributed by atoms with E-state index in [-0.39, 0.29) is 23.1 Å². The Morgan fingerprint density at radius 2 is 2.00 bits per heavy atom. The molecule has 0 unspecified atom stereocenters. The molecule has 0 aromatic heterocycles. The first kappa shape index (κ1) is 13.3. The van der Waals surface area contributed by atoms with Gasteiger partial charge in [0.2, 0.25) is 5.75 Å². The first-order valence-corrected chi connectivity index (χ1v) is 6.10. The van der Waals surface area contributed by atoms with Gasteiger partial charge in [-0.1, -0.05) is 0 Å². The molecule has 1 aliphatic rings. The van der Waals surface area contributed by atoms with E-state index >= 15 is 0 Å². The molecule has 1 aromatic carbocycles. The molecule has 2 rings (SSSR count). The van der Waals surface area contributed by atoms with E-state index in [1.807, 2.05) is 0 Å². The van der Waals surface area contributed by atoms with Crippen molar-refractivity contribution >= 4 is 11.5 Å². The monoisotopic (exact) mass is 265 g/mol. The van der Waals surface area contributed by atoms with Gasteiger partial charge in [0.25, 0.3) is 0 Å². The minimum atomic E-state index is -0.630. The molecule has 0 amide bonds. The Hall–Kier alpha value is -2.11. The van der Waals surface area contributed by atoms with Gasteiger partial charge in [0.15, 0.2) is 5.75 Å². The minimum Gasteiger partial charge on any atom is -0.500 e. The summed E-state index contributed by atoms with van der Waals surface area (Å²) in [5.74, 6) is -0.0216. The first-order chi connectivity index (χ1) is 9.02. The number of nitro groups is 1. The topological polar surface area (TPSA) is 89.7 Å². The standard InChI is InChI=1S/C13H15NO5/c1-19-12-7-9(6-11(13(12)16)14(17)18)8-2-4-10(15)5-3-8/h6-8,16H,2-5H2,1H3.